The number of carbonyl (C=O) groups excluding carboxylic acids is 2. The predicted molar refractivity (Wildman–Crippen MR) is 202 cm³/mol. The van der Waals surface area contributed by atoms with E-state index in [1.54, 1.807) is 6.92 Å². The first-order chi connectivity index (χ1) is 23.1. The van der Waals surface area contributed by atoms with Crippen LogP contribution < -0.4 is 17.0 Å². The zero-order valence-corrected chi connectivity index (χ0v) is 35.7. The van der Waals surface area contributed by atoms with Crippen LogP contribution in [0.1, 0.15) is 99.3 Å². The highest BCUT2D eigenvalue weighted by Gasteiger charge is 2.67. The van der Waals surface area contributed by atoms with Crippen LogP contribution in [-0.4, -0.2) is 70.2 Å². The van der Waals surface area contributed by atoms with Gasteiger partial charge in [-0.3, -0.25) is 23.5 Å². The molecule has 1 saturated heterocycles. The van der Waals surface area contributed by atoms with E-state index in [1.165, 1.54) is 24.6 Å². The van der Waals surface area contributed by atoms with Gasteiger partial charge in [-0.05, 0) is 69.9 Å². The fraction of sp³-hybridized carbons (Fsp3) is 0.771. The van der Waals surface area contributed by atoms with Crippen LogP contribution in [-0.2, 0) is 44.0 Å². The number of hydrogen-bond acceptors (Lipinski definition) is 11. The number of aromatic nitrogens is 2. The lowest BCUT2D eigenvalue weighted by atomic mass is 9.89. The summed E-state index contributed by atoms with van der Waals surface area (Å²) in [4.78, 5) is 51.2. The number of ether oxygens (including phenoxy) is 1. The maximum absolute atomic E-state index is 14.3. The minimum atomic E-state index is -4.26. The molecule has 2 aliphatic rings. The molecule has 0 amide bonds. The van der Waals surface area contributed by atoms with Crippen molar-refractivity contribution in [2.24, 2.45) is 11.7 Å². The van der Waals surface area contributed by atoms with Crippen LogP contribution in [0.5, 0.6) is 0 Å². The molecule has 290 valence electrons. The molecule has 1 aromatic rings. The quantitative estimate of drug-likeness (QED) is 0.106. The SMILES string of the molecule is CC(=O)C(CCCCCCn1c(=O)c(C)cn([C@@H]2O[C@H](CO[Si](C)(C)C(C)(C)C)C3(OS(=O)(=O)C=C3N)[C@H]2O[Si](C)(C)C(C)(C)C)c1=O)C(C)=O. The third kappa shape index (κ3) is 9.12. The number of nitrogens with two attached hydrogens (primary N) is 1. The van der Waals surface area contributed by atoms with Crippen molar-refractivity contribution < 1.29 is 35.8 Å². The first kappa shape index (κ1) is 43.2. The number of carbonyl (C=O) groups is 2. The van der Waals surface area contributed by atoms with Gasteiger partial charge in [0.25, 0.3) is 15.7 Å². The highest BCUT2D eigenvalue weighted by Crippen LogP contribution is 2.52. The lowest BCUT2D eigenvalue weighted by molar-refractivity contribution is -0.130. The third-order valence-electron chi connectivity index (χ3n) is 11.3. The van der Waals surface area contributed by atoms with E-state index in [1.807, 2.05) is 33.9 Å². The van der Waals surface area contributed by atoms with E-state index in [9.17, 15) is 27.6 Å². The van der Waals surface area contributed by atoms with Crippen molar-refractivity contribution in [1.82, 2.24) is 9.13 Å². The normalized spacial score (nSPS) is 24.0. The average molecular weight is 772 g/mol. The molecule has 4 atom stereocenters. The molecular weight excluding hydrogens is 711 g/mol. The smallest absolute Gasteiger partial charge is 0.333 e. The van der Waals surface area contributed by atoms with Gasteiger partial charge in [-0.1, -0.05) is 60.8 Å². The Morgan fingerprint density at radius 3 is 2.00 bits per heavy atom. The highest BCUT2D eigenvalue weighted by molar-refractivity contribution is 7.90. The maximum atomic E-state index is 14.3. The van der Waals surface area contributed by atoms with Gasteiger partial charge in [0.1, 0.15) is 23.8 Å². The third-order valence-corrected chi connectivity index (χ3v) is 21.3. The summed E-state index contributed by atoms with van der Waals surface area (Å²) in [5.74, 6) is -0.896. The number of Topliss-reactive ketones (excluding diaryl/α,β-unsaturated/α-hetero) is 2. The number of hydrogen-bond donors (Lipinski definition) is 1. The molecule has 1 aromatic heterocycles. The monoisotopic (exact) mass is 771 g/mol. The zero-order chi connectivity index (χ0) is 39.1. The van der Waals surface area contributed by atoms with Gasteiger partial charge in [-0.2, -0.15) is 8.42 Å². The average Bonchev–Trinajstić information content (AvgIpc) is 3.39. The molecule has 0 bridgehead atoms. The molecule has 3 heterocycles. The van der Waals surface area contributed by atoms with Crippen LogP contribution in [0, 0.1) is 12.8 Å². The van der Waals surface area contributed by atoms with Crippen molar-refractivity contribution in [1.29, 1.82) is 0 Å². The highest BCUT2D eigenvalue weighted by atomic mass is 32.2. The minimum absolute atomic E-state index is 0.0735. The summed E-state index contributed by atoms with van der Waals surface area (Å²) in [5.41, 5.74) is 3.84. The van der Waals surface area contributed by atoms with Crippen LogP contribution in [0.3, 0.4) is 0 Å². The van der Waals surface area contributed by atoms with Gasteiger partial charge in [0, 0.05) is 18.3 Å². The first-order valence-electron chi connectivity index (χ1n) is 17.8. The van der Waals surface area contributed by atoms with Gasteiger partial charge >= 0.3 is 5.69 Å². The van der Waals surface area contributed by atoms with E-state index >= 15 is 0 Å². The van der Waals surface area contributed by atoms with Crippen molar-refractivity contribution >= 4 is 38.3 Å². The Bertz CT molecular complexity index is 1720. The zero-order valence-electron chi connectivity index (χ0n) is 32.9. The topological polar surface area (TPSA) is 175 Å². The van der Waals surface area contributed by atoms with E-state index in [-0.39, 0.29) is 46.1 Å². The van der Waals surface area contributed by atoms with Crippen molar-refractivity contribution in [3.8, 4) is 0 Å². The molecule has 0 saturated carbocycles. The molecule has 1 unspecified atom stereocenters. The molecule has 0 aliphatic carbocycles. The Hall–Kier alpha value is -2.22. The number of rotatable bonds is 15. The summed E-state index contributed by atoms with van der Waals surface area (Å²) in [6.07, 6.45) is 0.943. The molecule has 1 spiro atoms. The van der Waals surface area contributed by atoms with E-state index < -0.39 is 68.0 Å². The summed E-state index contributed by atoms with van der Waals surface area (Å²) in [6, 6.07) is 0. The van der Waals surface area contributed by atoms with Gasteiger partial charge < -0.3 is 19.3 Å². The second-order valence-corrected chi connectivity index (χ2v) is 28.2. The van der Waals surface area contributed by atoms with Crippen LogP contribution in [0.2, 0.25) is 36.3 Å². The Morgan fingerprint density at radius 1 is 0.961 bits per heavy atom. The molecule has 1 fully saturated rings. The van der Waals surface area contributed by atoms with Crippen LogP contribution >= 0.6 is 0 Å². The molecular formula is C35H61N3O10SSi2. The van der Waals surface area contributed by atoms with Crippen molar-refractivity contribution in [2.45, 2.75) is 161 Å². The second-order valence-electron chi connectivity index (χ2n) is 17.3. The Balaban J connectivity index is 2.08. The van der Waals surface area contributed by atoms with E-state index in [2.05, 4.69) is 33.9 Å². The Labute approximate surface area is 305 Å². The number of nitrogens with zero attached hydrogens (tertiary/aromatic N) is 2. The molecule has 51 heavy (non-hydrogen) atoms. The van der Waals surface area contributed by atoms with Gasteiger partial charge in [0.05, 0.1) is 23.6 Å². The van der Waals surface area contributed by atoms with Gasteiger partial charge in [-0.15, -0.1) is 0 Å². The molecule has 16 heteroatoms. The number of ketones is 2. The Morgan fingerprint density at radius 2 is 1.51 bits per heavy atom. The van der Waals surface area contributed by atoms with Gasteiger partial charge in [0.15, 0.2) is 28.5 Å². The van der Waals surface area contributed by atoms with E-state index in [0.29, 0.717) is 25.7 Å². The van der Waals surface area contributed by atoms with Crippen LogP contribution in [0.25, 0.3) is 0 Å². The summed E-state index contributed by atoms with van der Waals surface area (Å²) >= 11 is 0. The van der Waals surface area contributed by atoms with Crippen molar-refractivity contribution in [3.05, 3.63) is 43.7 Å². The summed E-state index contributed by atoms with van der Waals surface area (Å²) in [5, 5.41) is 0.369. The minimum Gasteiger partial charge on any atom is -0.414 e. The summed E-state index contributed by atoms with van der Waals surface area (Å²) < 4.78 is 54.8. The summed E-state index contributed by atoms with van der Waals surface area (Å²) in [6.45, 7) is 25.0. The van der Waals surface area contributed by atoms with Crippen LogP contribution in [0.15, 0.2) is 26.9 Å². The fourth-order valence-electron chi connectivity index (χ4n) is 6.02. The fourth-order valence-corrected chi connectivity index (χ4v) is 9.52. The van der Waals surface area contributed by atoms with Gasteiger partial charge in [0.2, 0.25) is 0 Å². The largest absolute Gasteiger partial charge is 0.414 e. The van der Waals surface area contributed by atoms with Crippen LogP contribution in [0.4, 0.5) is 0 Å². The van der Waals surface area contributed by atoms with Crippen molar-refractivity contribution in [2.75, 3.05) is 6.61 Å². The molecule has 0 aromatic carbocycles. The lowest BCUT2D eigenvalue weighted by Crippen LogP contribution is -2.59. The van der Waals surface area contributed by atoms with Gasteiger partial charge in [-0.25, -0.2) is 8.98 Å². The second kappa shape index (κ2) is 15.3. The molecule has 3 rings (SSSR count). The van der Waals surface area contributed by atoms with E-state index in [4.69, 9.17) is 23.5 Å². The molecule has 2 aliphatic heterocycles. The predicted octanol–water partition coefficient (Wildman–Crippen LogP) is 5.27. The summed E-state index contributed by atoms with van der Waals surface area (Å²) in [7, 11) is -9.40. The van der Waals surface area contributed by atoms with E-state index in [0.717, 1.165) is 16.4 Å². The molecule has 13 nitrogen and oxygen atoms in total. The number of aryl methyl sites for hydroxylation is 1. The molecule has 2 N–H and O–H groups in total. The molecule has 0 radical (unpaired) electrons. The van der Waals surface area contributed by atoms with Crippen molar-refractivity contribution in [3.63, 3.8) is 0 Å². The standard InChI is InChI=1S/C35H61N3O10SSi2/c1-23-20-38(32(42)37(30(23)41)19-17-15-14-16-18-26(24(2)39)25(3)40)31-29(47-51(12,13)34(7,8)9)35(27(36)22-49(43,44)48-35)28(46-31)21-45-50(10,11)33(4,5)6/h20,22,26,28-29,31H,14-19,21,36H2,1-13H3/t28-,29+,31-,35?/m1/s1. The number of unbranched alkanes of at least 4 members (excludes halogenated alkanes) is 3. The Kier molecular flexibility index (Phi) is 12.9. The lowest BCUT2D eigenvalue weighted by Gasteiger charge is -2.43. The maximum Gasteiger partial charge on any atom is 0.333 e. The first-order valence-corrected chi connectivity index (χ1v) is 25.1.